The highest BCUT2D eigenvalue weighted by Gasteiger charge is 2.48. The van der Waals surface area contributed by atoms with Gasteiger partial charge >= 0.3 is 5.91 Å². The number of ketones is 1. The number of amides is 1. The number of carbonyl (C=O) groups excluding carboxylic acids is 2. The number of aliphatic hydroxyl groups is 1. The lowest BCUT2D eigenvalue weighted by atomic mass is 9.93. The van der Waals surface area contributed by atoms with Crippen LogP contribution in [0.4, 0.5) is 13.9 Å². The van der Waals surface area contributed by atoms with Gasteiger partial charge in [0, 0.05) is 11.6 Å². The van der Waals surface area contributed by atoms with Crippen LogP contribution in [0.5, 0.6) is 5.75 Å². The van der Waals surface area contributed by atoms with Crippen molar-refractivity contribution in [2.24, 2.45) is 0 Å². The van der Waals surface area contributed by atoms with Gasteiger partial charge in [0.15, 0.2) is 10.9 Å². The van der Waals surface area contributed by atoms with Gasteiger partial charge in [-0.15, -0.1) is 0 Å². The van der Waals surface area contributed by atoms with E-state index in [0.29, 0.717) is 22.6 Å². The number of aromatic nitrogens is 1. The molecule has 6 rings (SSSR count). The molecule has 6 nitrogen and oxygen atoms in total. The van der Waals surface area contributed by atoms with Crippen molar-refractivity contribution < 1.29 is 28.6 Å². The number of carbonyl (C=O) groups is 2. The monoisotopic (exact) mass is 514 g/mol. The topological polar surface area (TPSA) is 90.7 Å². The second kappa shape index (κ2) is 8.49. The molecule has 1 fully saturated rings. The number of benzene rings is 4. The maximum atomic E-state index is 14.4. The van der Waals surface area contributed by atoms with Crippen LogP contribution < -0.4 is 4.90 Å². The van der Waals surface area contributed by atoms with Crippen LogP contribution >= 0.6 is 11.3 Å². The van der Waals surface area contributed by atoms with Crippen LogP contribution in [0.3, 0.4) is 0 Å². The summed E-state index contributed by atoms with van der Waals surface area (Å²) in [6, 6.07) is 19.0. The Labute approximate surface area is 212 Å². The normalized spacial score (nSPS) is 17.2. The van der Waals surface area contributed by atoms with Crippen LogP contribution in [0.25, 0.3) is 26.7 Å². The Morgan fingerprint density at radius 3 is 2.46 bits per heavy atom. The number of aliphatic hydroxyl groups excluding tert-OH is 1. The van der Waals surface area contributed by atoms with Crippen molar-refractivity contribution in [1.82, 2.24) is 4.98 Å². The number of phenolic OH excluding ortho intramolecular Hbond substituents is 1. The van der Waals surface area contributed by atoms with Crippen molar-refractivity contribution >= 4 is 54.9 Å². The summed E-state index contributed by atoms with van der Waals surface area (Å²) in [5.41, 5.74) is 0.446. The van der Waals surface area contributed by atoms with E-state index >= 15 is 0 Å². The maximum absolute atomic E-state index is 14.4. The molecule has 1 aliphatic rings. The molecule has 9 heteroatoms. The summed E-state index contributed by atoms with van der Waals surface area (Å²) in [7, 11) is 0. The van der Waals surface area contributed by atoms with E-state index in [0.717, 1.165) is 27.7 Å². The highest BCUT2D eigenvalue weighted by molar-refractivity contribution is 7.22. The molecule has 1 aliphatic heterocycles. The Bertz CT molecular complexity index is 1770. The number of Topliss-reactive ketones (excluding diaryl/α,β-unsaturated/α-hetero) is 1. The van der Waals surface area contributed by atoms with Gasteiger partial charge in [-0.05, 0) is 34.5 Å². The van der Waals surface area contributed by atoms with Gasteiger partial charge in [-0.3, -0.25) is 14.5 Å². The molecule has 0 bridgehead atoms. The summed E-state index contributed by atoms with van der Waals surface area (Å²) in [5.74, 6) is -4.03. The standard InChI is InChI=1S/C28H16F2N2O4S/c29-16-12-20(30)23-21(13-16)37-28(31-23)32-24(15-8-10-17(33)11-9-15)22(26(35)27(32)36)25(34)19-7-3-5-14-4-1-2-6-18(14)19/h1-13,24,33-34H/b25-22+. The van der Waals surface area contributed by atoms with E-state index in [1.165, 1.54) is 24.3 Å². The van der Waals surface area contributed by atoms with Crippen LogP contribution in [0.15, 0.2) is 84.4 Å². The van der Waals surface area contributed by atoms with Crippen LogP contribution in [0, 0.1) is 11.6 Å². The lowest BCUT2D eigenvalue weighted by molar-refractivity contribution is -0.132. The van der Waals surface area contributed by atoms with Crippen molar-refractivity contribution in [2.75, 3.05) is 4.90 Å². The predicted octanol–water partition coefficient (Wildman–Crippen LogP) is 6.06. The van der Waals surface area contributed by atoms with Crippen LogP contribution in [-0.2, 0) is 9.59 Å². The summed E-state index contributed by atoms with van der Waals surface area (Å²) in [6.07, 6.45) is 0. The lowest BCUT2D eigenvalue weighted by Gasteiger charge is -2.23. The van der Waals surface area contributed by atoms with Crippen molar-refractivity contribution in [3.05, 3.63) is 107 Å². The molecule has 0 saturated carbocycles. The number of hydrogen-bond acceptors (Lipinski definition) is 6. The molecule has 5 aromatic rings. The Morgan fingerprint density at radius 1 is 0.946 bits per heavy atom. The Kier molecular flexibility index (Phi) is 5.24. The molecule has 1 atom stereocenters. The first-order valence-corrected chi connectivity index (χ1v) is 12.0. The first-order chi connectivity index (χ1) is 17.8. The van der Waals surface area contributed by atoms with E-state index in [-0.39, 0.29) is 32.4 Å². The summed E-state index contributed by atoms with van der Waals surface area (Å²) >= 11 is 0.850. The van der Waals surface area contributed by atoms with Gasteiger partial charge in [-0.25, -0.2) is 13.8 Å². The fourth-order valence-electron chi connectivity index (χ4n) is 4.63. The zero-order chi connectivity index (χ0) is 25.8. The third-order valence-electron chi connectivity index (χ3n) is 6.31. The van der Waals surface area contributed by atoms with Crippen LogP contribution in [-0.4, -0.2) is 26.9 Å². The van der Waals surface area contributed by atoms with Gasteiger partial charge < -0.3 is 10.2 Å². The summed E-state index contributed by atoms with van der Waals surface area (Å²) in [5, 5.41) is 22.8. The van der Waals surface area contributed by atoms with E-state index in [9.17, 15) is 28.6 Å². The molecule has 1 aromatic heterocycles. The summed E-state index contributed by atoms with van der Waals surface area (Å²) < 4.78 is 28.4. The molecule has 0 radical (unpaired) electrons. The fraction of sp³-hybridized carbons (Fsp3) is 0.0357. The average molecular weight is 515 g/mol. The molecule has 37 heavy (non-hydrogen) atoms. The summed E-state index contributed by atoms with van der Waals surface area (Å²) in [4.78, 5) is 32.1. The number of phenols is 1. The second-order valence-electron chi connectivity index (χ2n) is 8.52. The Hall–Kier alpha value is -4.63. The second-order valence-corrected chi connectivity index (χ2v) is 9.53. The fourth-order valence-corrected chi connectivity index (χ4v) is 5.66. The molecule has 0 spiro atoms. The molecule has 1 amide bonds. The van der Waals surface area contributed by atoms with Gasteiger partial charge in [0.25, 0.3) is 5.78 Å². The minimum absolute atomic E-state index is 0.0309. The predicted molar refractivity (Wildman–Crippen MR) is 136 cm³/mol. The SMILES string of the molecule is O=C1C(=O)N(c2nc3c(F)cc(F)cc3s2)C(c2ccc(O)cc2)/C1=C(\O)c1cccc2ccccc12. The molecule has 4 aromatic carbocycles. The molecule has 182 valence electrons. The van der Waals surface area contributed by atoms with Crippen molar-refractivity contribution in [3.63, 3.8) is 0 Å². The number of thiazole rings is 1. The van der Waals surface area contributed by atoms with E-state index in [1.54, 1.807) is 24.3 Å². The molecule has 1 saturated heterocycles. The number of halogens is 2. The van der Waals surface area contributed by atoms with Crippen molar-refractivity contribution in [1.29, 1.82) is 0 Å². The molecule has 2 N–H and O–H groups in total. The molecule has 0 aliphatic carbocycles. The summed E-state index contributed by atoms with van der Waals surface area (Å²) in [6.45, 7) is 0. The first-order valence-electron chi connectivity index (χ1n) is 11.2. The van der Waals surface area contributed by atoms with Gasteiger partial charge in [0.05, 0.1) is 16.3 Å². The van der Waals surface area contributed by atoms with E-state index in [4.69, 9.17) is 0 Å². The third-order valence-corrected chi connectivity index (χ3v) is 7.31. The maximum Gasteiger partial charge on any atom is 0.301 e. The molecular formula is C28H16F2N2O4S. The highest BCUT2D eigenvalue weighted by atomic mass is 32.1. The number of anilines is 1. The minimum atomic E-state index is -1.13. The van der Waals surface area contributed by atoms with Gasteiger partial charge in [0.2, 0.25) is 0 Å². The Balaban J connectivity index is 1.61. The first kappa shape index (κ1) is 22.8. The highest BCUT2D eigenvalue weighted by Crippen LogP contribution is 2.45. The Morgan fingerprint density at radius 2 is 1.68 bits per heavy atom. The smallest absolute Gasteiger partial charge is 0.301 e. The van der Waals surface area contributed by atoms with E-state index in [1.807, 2.05) is 18.2 Å². The van der Waals surface area contributed by atoms with Gasteiger partial charge in [0.1, 0.15) is 22.8 Å². The van der Waals surface area contributed by atoms with Crippen LogP contribution in [0.2, 0.25) is 0 Å². The average Bonchev–Trinajstić information content (AvgIpc) is 3.42. The van der Waals surface area contributed by atoms with E-state index in [2.05, 4.69) is 4.98 Å². The van der Waals surface area contributed by atoms with E-state index < -0.39 is 29.4 Å². The number of fused-ring (bicyclic) bond motifs is 2. The van der Waals surface area contributed by atoms with Gasteiger partial charge in [-0.2, -0.15) is 0 Å². The molecule has 1 unspecified atom stereocenters. The zero-order valence-corrected chi connectivity index (χ0v) is 19.7. The number of hydrogen-bond donors (Lipinski definition) is 2. The number of aromatic hydroxyl groups is 1. The third kappa shape index (κ3) is 3.63. The van der Waals surface area contributed by atoms with Gasteiger partial charge in [-0.1, -0.05) is 65.9 Å². The lowest BCUT2D eigenvalue weighted by Crippen LogP contribution is -2.29. The molecular weight excluding hydrogens is 498 g/mol. The largest absolute Gasteiger partial charge is 0.508 e. The van der Waals surface area contributed by atoms with Crippen molar-refractivity contribution in [3.8, 4) is 5.75 Å². The van der Waals surface area contributed by atoms with Crippen molar-refractivity contribution in [2.45, 2.75) is 6.04 Å². The quantitative estimate of drug-likeness (QED) is 0.174. The van der Waals surface area contributed by atoms with Crippen LogP contribution in [0.1, 0.15) is 17.2 Å². The zero-order valence-electron chi connectivity index (χ0n) is 18.9. The number of nitrogens with zero attached hydrogens (tertiary/aromatic N) is 2. The number of rotatable bonds is 3. The minimum Gasteiger partial charge on any atom is -0.508 e. The molecule has 2 heterocycles.